The van der Waals surface area contributed by atoms with Crippen molar-refractivity contribution in [2.24, 2.45) is 0 Å². The van der Waals surface area contributed by atoms with Gasteiger partial charge >= 0.3 is 5.97 Å². The minimum Gasteiger partial charge on any atom is -0.756 e. The highest BCUT2D eigenvalue weighted by molar-refractivity contribution is 7.45. The van der Waals surface area contributed by atoms with Crippen LogP contribution in [0, 0.1) is 0 Å². The first kappa shape index (κ1) is 52.5. The highest BCUT2D eigenvalue weighted by Crippen LogP contribution is 2.38. The summed E-state index contributed by atoms with van der Waals surface area (Å²) in [5, 5.41) is 0. The fourth-order valence-electron chi connectivity index (χ4n) is 5.77. The SMILES string of the molecule is CC/C=C\C/C=C\C/C=C\C/C=C\CCCCCCC(=O)OC(COCCCCCCCCCCCCCCCCC)COP(=O)([O-])OCC[N+](C)(C)C. The molecule has 2 atom stereocenters. The van der Waals surface area contributed by atoms with Gasteiger partial charge in [-0.15, -0.1) is 0 Å². The number of nitrogens with zero attached hydrogens (tertiary/aromatic N) is 1. The van der Waals surface area contributed by atoms with E-state index in [2.05, 4.69) is 62.5 Å². The Morgan fingerprint density at radius 3 is 1.61 bits per heavy atom. The molecule has 316 valence electrons. The zero-order valence-corrected chi connectivity index (χ0v) is 36.6. The number of hydrogen-bond donors (Lipinski definition) is 0. The molecule has 54 heavy (non-hydrogen) atoms. The van der Waals surface area contributed by atoms with Gasteiger partial charge in [0.05, 0.1) is 34.4 Å². The molecular weight excluding hydrogens is 697 g/mol. The minimum absolute atomic E-state index is 0.0205. The Hall–Kier alpha value is -1.54. The maximum absolute atomic E-state index is 12.7. The summed E-state index contributed by atoms with van der Waals surface area (Å²) in [5.41, 5.74) is 0. The van der Waals surface area contributed by atoms with Gasteiger partial charge in [0.1, 0.15) is 19.3 Å². The van der Waals surface area contributed by atoms with Gasteiger partial charge in [0, 0.05) is 13.0 Å². The lowest BCUT2D eigenvalue weighted by atomic mass is 10.0. The number of carbonyl (C=O) groups is 1. The van der Waals surface area contributed by atoms with Crippen LogP contribution in [0.5, 0.6) is 0 Å². The summed E-state index contributed by atoms with van der Waals surface area (Å²) in [6, 6.07) is 0. The molecule has 0 radical (unpaired) electrons. The first-order valence-corrected chi connectivity index (χ1v) is 23.3. The van der Waals surface area contributed by atoms with Crippen molar-refractivity contribution in [1.29, 1.82) is 0 Å². The second-order valence-corrected chi connectivity index (χ2v) is 17.1. The summed E-state index contributed by atoms with van der Waals surface area (Å²) in [7, 11) is 1.34. The standard InChI is InChI=1S/C45H84NO7P/c1-6-8-10-12-14-16-18-20-22-23-24-26-28-30-32-34-36-38-45(47)53-44(43-52-54(48,49)51-41-39-46(3,4)5)42-50-40-37-35-33-31-29-27-25-21-19-17-15-13-11-9-7-2/h8,10,14,16,20,22,24,26,44H,6-7,9,11-13,15,17-19,21,23,25,27-43H2,1-5H3/b10-8-,16-14-,22-20-,26-24-. The van der Waals surface area contributed by atoms with Gasteiger partial charge in [-0.1, -0.05) is 165 Å². The van der Waals surface area contributed by atoms with Crippen LogP contribution in [0.2, 0.25) is 0 Å². The average Bonchev–Trinajstić information content (AvgIpc) is 3.12. The minimum atomic E-state index is -4.53. The predicted octanol–water partition coefficient (Wildman–Crippen LogP) is 12.1. The number of likely N-dealkylation sites (N-methyl/N-ethyl adjacent to an activating group) is 1. The summed E-state index contributed by atoms with van der Waals surface area (Å²) in [5.74, 6) is -0.357. The van der Waals surface area contributed by atoms with E-state index in [-0.39, 0.29) is 32.2 Å². The Morgan fingerprint density at radius 1 is 0.593 bits per heavy atom. The van der Waals surface area contributed by atoms with Crippen LogP contribution in [0.1, 0.15) is 174 Å². The van der Waals surface area contributed by atoms with Gasteiger partial charge in [-0.2, -0.15) is 0 Å². The van der Waals surface area contributed by atoms with Crippen LogP contribution < -0.4 is 4.89 Å². The van der Waals surface area contributed by atoms with Crippen LogP contribution in [-0.4, -0.2) is 70.7 Å². The third-order valence-corrected chi connectivity index (χ3v) is 10.1. The number of allylic oxidation sites excluding steroid dienone is 8. The van der Waals surface area contributed by atoms with Crippen LogP contribution in [0.25, 0.3) is 0 Å². The van der Waals surface area contributed by atoms with E-state index in [9.17, 15) is 14.3 Å². The predicted molar refractivity (Wildman–Crippen MR) is 226 cm³/mol. The zero-order chi connectivity index (χ0) is 39.9. The van der Waals surface area contributed by atoms with E-state index >= 15 is 0 Å². The zero-order valence-electron chi connectivity index (χ0n) is 35.7. The summed E-state index contributed by atoms with van der Waals surface area (Å²) < 4.78 is 34.6. The first-order chi connectivity index (χ1) is 26.1. The van der Waals surface area contributed by atoms with Crippen molar-refractivity contribution in [2.45, 2.75) is 180 Å². The van der Waals surface area contributed by atoms with Crippen LogP contribution in [-0.2, 0) is 27.9 Å². The largest absolute Gasteiger partial charge is 0.756 e. The molecule has 2 unspecified atom stereocenters. The number of phosphoric acid groups is 1. The molecule has 0 saturated carbocycles. The molecule has 0 aliphatic carbocycles. The number of hydrogen-bond acceptors (Lipinski definition) is 7. The summed E-state index contributed by atoms with van der Waals surface area (Å²) in [6.07, 6.45) is 45.5. The first-order valence-electron chi connectivity index (χ1n) is 21.9. The molecule has 0 N–H and O–H groups in total. The van der Waals surface area contributed by atoms with Crippen LogP contribution in [0.3, 0.4) is 0 Å². The highest BCUT2D eigenvalue weighted by Gasteiger charge is 2.20. The average molecular weight is 782 g/mol. The molecule has 0 aromatic heterocycles. The van der Waals surface area contributed by atoms with Crippen molar-refractivity contribution in [3.63, 3.8) is 0 Å². The third kappa shape index (κ3) is 41.6. The third-order valence-electron chi connectivity index (χ3n) is 9.14. The molecule has 8 nitrogen and oxygen atoms in total. The molecule has 0 aliphatic rings. The fourth-order valence-corrected chi connectivity index (χ4v) is 6.50. The number of phosphoric ester groups is 1. The topological polar surface area (TPSA) is 94.1 Å². The van der Waals surface area contributed by atoms with E-state index in [4.69, 9.17) is 18.5 Å². The molecule has 0 saturated heterocycles. The monoisotopic (exact) mass is 782 g/mol. The van der Waals surface area contributed by atoms with E-state index in [1.807, 2.05) is 21.1 Å². The molecular formula is C45H84NO7P. The van der Waals surface area contributed by atoms with Gasteiger partial charge in [-0.05, 0) is 51.4 Å². The molecule has 0 amide bonds. The van der Waals surface area contributed by atoms with Crippen LogP contribution >= 0.6 is 7.82 Å². The van der Waals surface area contributed by atoms with E-state index in [0.29, 0.717) is 17.6 Å². The lowest BCUT2D eigenvalue weighted by Crippen LogP contribution is -2.37. The molecule has 0 spiro atoms. The Labute approximate surface area is 333 Å². The molecule has 0 fully saturated rings. The molecule has 0 heterocycles. The van der Waals surface area contributed by atoms with Crippen molar-refractivity contribution in [3.8, 4) is 0 Å². The van der Waals surface area contributed by atoms with Crippen LogP contribution in [0.15, 0.2) is 48.6 Å². The summed E-state index contributed by atoms with van der Waals surface area (Å²) in [6.45, 7) is 5.27. The van der Waals surface area contributed by atoms with E-state index in [1.54, 1.807) is 0 Å². The lowest BCUT2D eigenvalue weighted by molar-refractivity contribution is -0.870. The summed E-state index contributed by atoms with van der Waals surface area (Å²) in [4.78, 5) is 25.0. The lowest BCUT2D eigenvalue weighted by Gasteiger charge is -2.28. The Bertz CT molecular complexity index is 1000. The quantitative estimate of drug-likeness (QED) is 0.0201. The van der Waals surface area contributed by atoms with Gasteiger partial charge < -0.3 is 27.9 Å². The molecule has 9 heteroatoms. The molecule has 0 aromatic rings. The van der Waals surface area contributed by atoms with Crippen molar-refractivity contribution < 1.29 is 37.3 Å². The van der Waals surface area contributed by atoms with Crippen molar-refractivity contribution in [3.05, 3.63) is 48.6 Å². The second-order valence-electron chi connectivity index (χ2n) is 15.7. The van der Waals surface area contributed by atoms with Crippen LogP contribution in [0.4, 0.5) is 0 Å². The normalized spacial score (nSPS) is 14.3. The Balaban J connectivity index is 4.28. The second kappa shape index (κ2) is 38.3. The van der Waals surface area contributed by atoms with E-state index in [1.165, 1.54) is 83.5 Å². The number of rotatable bonds is 40. The van der Waals surface area contributed by atoms with Gasteiger partial charge in [-0.25, -0.2) is 0 Å². The van der Waals surface area contributed by atoms with Gasteiger partial charge in [0.15, 0.2) is 0 Å². The van der Waals surface area contributed by atoms with Gasteiger partial charge in [0.2, 0.25) is 0 Å². The number of quaternary nitrogens is 1. The number of unbranched alkanes of at least 4 members (excludes halogenated alkanes) is 18. The smallest absolute Gasteiger partial charge is 0.306 e. The van der Waals surface area contributed by atoms with Crippen molar-refractivity contribution >= 4 is 13.8 Å². The maximum atomic E-state index is 12.7. The fraction of sp³-hybridized carbons (Fsp3) is 0.800. The van der Waals surface area contributed by atoms with E-state index in [0.717, 1.165) is 70.6 Å². The Kier molecular flexibility index (Phi) is 37.2. The maximum Gasteiger partial charge on any atom is 0.306 e. The van der Waals surface area contributed by atoms with E-state index < -0.39 is 13.9 Å². The number of ether oxygens (including phenoxy) is 2. The van der Waals surface area contributed by atoms with Gasteiger partial charge in [0.25, 0.3) is 7.82 Å². The number of esters is 1. The molecule has 0 aliphatic heterocycles. The molecule has 0 rings (SSSR count). The summed E-state index contributed by atoms with van der Waals surface area (Å²) >= 11 is 0. The van der Waals surface area contributed by atoms with Crippen molar-refractivity contribution in [1.82, 2.24) is 0 Å². The molecule has 0 bridgehead atoms. The molecule has 0 aromatic carbocycles. The number of carbonyl (C=O) groups excluding carboxylic acids is 1. The van der Waals surface area contributed by atoms with Crippen molar-refractivity contribution in [2.75, 3.05) is 54.1 Å². The Morgan fingerprint density at radius 2 is 1.07 bits per heavy atom. The van der Waals surface area contributed by atoms with Gasteiger partial charge in [-0.3, -0.25) is 9.36 Å². The highest BCUT2D eigenvalue weighted by atomic mass is 31.2.